The van der Waals surface area contributed by atoms with E-state index in [0.717, 1.165) is 23.1 Å². The smallest absolute Gasteiger partial charge is 0.121 e. The highest BCUT2D eigenvalue weighted by Gasteiger charge is 2.23. The second-order valence-corrected chi connectivity index (χ2v) is 5.32. The number of rotatable bonds is 7. The van der Waals surface area contributed by atoms with Gasteiger partial charge in [0.15, 0.2) is 0 Å². The van der Waals surface area contributed by atoms with Crippen LogP contribution in [0.3, 0.4) is 0 Å². The molecule has 1 heterocycles. The van der Waals surface area contributed by atoms with Crippen molar-refractivity contribution in [3.05, 3.63) is 36.5 Å². The highest BCUT2D eigenvalue weighted by Crippen LogP contribution is 2.21. The van der Waals surface area contributed by atoms with Crippen LogP contribution < -0.4 is 10.1 Å². The first kappa shape index (κ1) is 13.3. The molecule has 0 amide bonds. The van der Waals surface area contributed by atoms with Crippen LogP contribution in [0.4, 0.5) is 0 Å². The second-order valence-electron chi connectivity index (χ2n) is 5.32. The summed E-state index contributed by atoms with van der Waals surface area (Å²) in [4.78, 5) is 4.32. The van der Waals surface area contributed by atoms with Crippen LogP contribution in [-0.4, -0.2) is 35.4 Å². The first-order valence-corrected chi connectivity index (χ1v) is 7.19. The van der Waals surface area contributed by atoms with E-state index in [9.17, 15) is 5.11 Å². The molecule has 106 valence electrons. The molecule has 0 saturated heterocycles. The van der Waals surface area contributed by atoms with Crippen molar-refractivity contribution in [3.8, 4) is 5.75 Å². The Bertz CT molecular complexity index is 569. The molecular formula is C16H20N2O2. The van der Waals surface area contributed by atoms with E-state index in [4.69, 9.17) is 4.74 Å². The zero-order valence-electron chi connectivity index (χ0n) is 11.5. The highest BCUT2D eigenvalue weighted by atomic mass is 16.5. The summed E-state index contributed by atoms with van der Waals surface area (Å²) in [5.41, 5.74) is 0.944. The molecule has 20 heavy (non-hydrogen) atoms. The minimum atomic E-state index is 0.140. The van der Waals surface area contributed by atoms with Gasteiger partial charge in [0.2, 0.25) is 0 Å². The lowest BCUT2D eigenvalue weighted by molar-refractivity contribution is 0.207. The molecule has 1 aliphatic rings. The van der Waals surface area contributed by atoms with E-state index in [1.165, 1.54) is 12.8 Å². The summed E-state index contributed by atoms with van der Waals surface area (Å²) in [5, 5.41) is 13.8. The zero-order chi connectivity index (χ0) is 13.8. The van der Waals surface area contributed by atoms with Crippen molar-refractivity contribution < 1.29 is 9.84 Å². The minimum Gasteiger partial charge on any atom is -0.493 e. The van der Waals surface area contributed by atoms with Crippen LogP contribution in [0.2, 0.25) is 0 Å². The van der Waals surface area contributed by atoms with Gasteiger partial charge in [-0.1, -0.05) is 6.07 Å². The number of nitrogens with zero attached hydrogens (tertiary/aromatic N) is 1. The summed E-state index contributed by atoms with van der Waals surface area (Å²) in [6, 6.07) is 10.7. The number of hydrogen-bond donors (Lipinski definition) is 2. The van der Waals surface area contributed by atoms with Crippen LogP contribution in [0.1, 0.15) is 19.3 Å². The largest absolute Gasteiger partial charge is 0.493 e. The fraction of sp³-hybridized carbons (Fsp3) is 0.438. The molecule has 0 aliphatic heterocycles. The molecular weight excluding hydrogens is 252 g/mol. The lowest BCUT2D eigenvalue weighted by Crippen LogP contribution is -2.35. The highest BCUT2D eigenvalue weighted by molar-refractivity contribution is 5.79. The number of aromatic nitrogens is 1. The lowest BCUT2D eigenvalue weighted by Gasteiger charge is -2.16. The predicted molar refractivity (Wildman–Crippen MR) is 78.9 cm³/mol. The first-order chi connectivity index (χ1) is 9.85. The first-order valence-electron chi connectivity index (χ1n) is 7.19. The summed E-state index contributed by atoms with van der Waals surface area (Å²) in [6.45, 7) is 0.766. The second kappa shape index (κ2) is 6.20. The van der Waals surface area contributed by atoms with Gasteiger partial charge in [0, 0.05) is 29.7 Å². The van der Waals surface area contributed by atoms with Gasteiger partial charge in [-0.3, -0.25) is 4.98 Å². The van der Waals surface area contributed by atoms with Gasteiger partial charge in [0.1, 0.15) is 5.75 Å². The number of ether oxygens (including phenoxy) is 1. The topological polar surface area (TPSA) is 54.4 Å². The fourth-order valence-electron chi connectivity index (χ4n) is 2.27. The van der Waals surface area contributed by atoms with Gasteiger partial charge in [0.25, 0.3) is 0 Å². The molecule has 1 aliphatic carbocycles. The Kier molecular flexibility index (Phi) is 4.14. The van der Waals surface area contributed by atoms with E-state index >= 15 is 0 Å². The molecule has 0 spiro atoms. The maximum Gasteiger partial charge on any atom is 0.121 e. The van der Waals surface area contributed by atoms with Gasteiger partial charge in [-0.05, 0) is 37.5 Å². The third-order valence-corrected chi connectivity index (χ3v) is 3.58. The monoisotopic (exact) mass is 272 g/mol. The molecule has 2 aromatic rings. The predicted octanol–water partition coefficient (Wildman–Crippen LogP) is 2.12. The van der Waals surface area contributed by atoms with Gasteiger partial charge >= 0.3 is 0 Å². The quantitative estimate of drug-likeness (QED) is 0.810. The molecule has 1 atom stereocenters. The van der Waals surface area contributed by atoms with Crippen LogP contribution in [0.15, 0.2) is 36.5 Å². The van der Waals surface area contributed by atoms with Crippen molar-refractivity contribution in [2.75, 3.05) is 13.2 Å². The van der Waals surface area contributed by atoms with Crippen molar-refractivity contribution in [1.82, 2.24) is 10.3 Å². The Morgan fingerprint density at radius 1 is 1.35 bits per heavy atom. The minimum absolute atomic E-state index is 0.140. The fourth-order valence-corrected chi connectivity index (χ4v) is 2.27. The van der Waals surface area contributed by atoms with Crippen molar-refractivity contribution >= 4 is 10.9 Å². The lowest BCUT2D eigenvalue weighted by atomic mass is 10.2. The molecule has 1 aromatic heterocycles. The van der Waals surface area contributed by atoms with Crippen LogP contribution >= 0.6 is 0 Å². The van der Waals surface area contributed by atoms with Gasteiger partial charge in [-0.15, -0.1) is 0 Å². The maximum atomic E-state index is 9.31. The standard InChI is InChI=1S/C16H20N2O2/c19-11-14(18-13-4-5-13)7-9-20-15-6-3-12-2-1-8-17-16(12)10-15/h1-3,6,8,10,13-14,18-19H,4-5,7,9,11H2. The van der Waals surface area contributed by atoms with Gasteiger partial charge in [0.05, 0.1) is 18.7 Å². The Labute approximate surface area is 118 Å². The molecule has 3 rings (SSSR count). The Morgan fingerprint density at radius 2 is 2.25 bits per heavy atom. The van der Waals surface area contributed by atoms with Crippen molar-refractivity contribution in [1.29, 1.82) is 0 Å². The number of hydrogen-bond acceptors (Lipinski definition) is 4. The normalized spacial score (nSPS) is 16.2. The Hall–Kier alpha value is -1.65. The van der Waals surface area contributed by atoms with Crippen molar-refractivity contribution in [2.24, 2.45) is 0 Å². The average Bonchev–Trinajstić information content (AvgIpc) is 3.30. The van der Waals surface area contributed by atoms with Crippen LogP contribution in [0.5, 0.6) is 5.75 Å². The van der Waals surface area contributed by atoms with E-state index in [1.807, 2.05) is 30.3 Å². The summed E-state index contributed by atoms with van der Waals surface area (Å²) < 4.78 is 5.76. The van der Waals surface area contributed by atoms with Gasteiger partial charge in [-0.2, -0.15) is 0 Å². The number of pyridine rings is 1. The molecule has 0 radical (unpaired) electrons. The molecule has 1 saturated carbocycles. The van der Waals surface area contributed by atoms with Crippen molar-refractivity contribution in [2.45, 2.75) is 31.3 Å². The van der Waals surface area contributed by atoms with Crippen LogP contribution in [0.25, 0.3) is 10.9 Å². The van der Waals surface area contributed by atoms with E-state index < -0.39 is 0 Å². The Morgan fingerprint density at radius 3 is 3.05 bits per heavy atom. The number of nitrogens with one attached hydrogen (secondary N) is 1. The molecule has 1 unspecified atom stereocenters. The molecule has 1 aromatic carbocycles. The maximum absolute atomic E-state index is 9.31. The van der Waals surface area contributed by atoms with E-state index in [1.54, 1.807) is 6.20 Å². The number of aliphatic hydroxyl groups excluding tert-OH is 1. The SMILES string of the molecule is OCC(CCOc1ccc2cccnc2c1)NC1CC1. The van der Waals surface area contributed by atoms with E-state index in [0.29, 0.717) is 12.6 Å². The average molecular weight is 272 g/mol. The molecule has 4 heteroatoms. The van der Waals surface area contributed by atoms with Gasteiger partial charge < -0.3 is 15.2 Å². The summed E-state index contributed by atoms with van der Waals surface area (Å²) in [6.07, 6.45) is 5.06. The summed E-state index contributed by atoms with van der Waals surface area (Å²) in [7, 11) is 0. The van der Waals surface area contributed by atoms with Gasteiger partial charge in [-0.25, -0.2) is 0 Å². The molecule has 0 bridgehead atoms. The third-order valence-electron chi connectivity index (χ3n) is 3.58. The molecule has 1 fully saturated rings. The van der Waals surface area contributed by atoms with Crippen LogP contribution in [-0.2, 0) is 0 Å². The Balaban J connectivity index is 1.53. The van der Waals surface area contributed by atoms with Crippen molar-refractivity contribution in [3.63, 3.8) is 0 Å². The number of benzene rings is 1. The number of fused-ring (bicyclic) bond motifs is 1. The molecule has 4 nitrogen and oxygen atoms in total. The molecule has 2 N–H and O–H groups in total. The summed E-state index contributed by atoms with van der Waals surface area (Å²) >= 11 is 0. The zero-order valence-corrected chi connectivity index (χ0v) is 11.5. The summed E-state index contributed by atoms with van der Waals surface area (Å²) in [5.74, 6) is 0.833. The van der Waals surface area contributed by atoms with E-state index in [2.05, 4.69) is 10.3 Å². The number of aliphatic hydroxyl groups is 1. The third kappa shape index (κ3) is 3.46. The van der Waals surface area contributed by atoms with E-state index in [-0.39, 0.29) is 12.6 Å². The van der Waals surface area contributed by atoms with Crippen LogP contribution in [0, 0.1) is 0 Å².